The van der Waals surface area contributed by atoms with Crippen molar-refractivity contribution < 1.29 is 19.3 Å². The Labute approximate surface area is 145 Å². The van der Waals surface area contributed by atoms with Crippen LogP contribution >= 0.6 is 0 Å². The molecule has 0 aliphatic carbocycles. The third-order valence-electron chi connectivity index (χ3n) is 3.85. The second-order valence-corrected chi connectivity index (χ2v) is 5.79. The van der Waals surface area contributed by atoms with E-state index in [1.807, 2.05) is 24.3 Å². The maximum absolute atomic E-state index is 10.2. The topological polar surface area (TPSA) is 51.2 Å². The highest BCUT2D eigenvalue weighted by molar-refractivity contribution is 5.42. The molecule has 1 N–H and O–H groups in total. The molecular weight excluding hydrogens is 306 g/mol. The van der Waals surface area contributed by atoms with Crippen LogP contribution in [0.5, 0.6) is 11.5 Å². The van der Waals surface area contributed by atoms with Crippen molar-refractivity contribution in [2.24, 2.45) is 0 Å². The summed E-state index contributed by atoms with van der Waals surface area (Å²) in [5.41, 5.74) is 1.13. The Bertz CT molecular complexity index is 478. The number of nitrogens with zero attached hydrogens (tertiary/aromatic N) is 1. The first-order valence-electron chi connectivity index (χ1n) is 8.35. The number of methoxy groups -OCH3 is 3. The van der Waals surface area contributed by atoms with Gasteiger partial charge in [-0.05, 0) is 37.0 Å². The average Bonchev–Trinajstić information content (AvgIpc) is 2.59. The Morgan fingerprint density at radius 1 is 1.21 bits per heavy atom. The standard InChI is InChI=1S/C19H31NO4/c1-5-6-8-17(21)15-20(11-7-12-22-2)14-16-9-10-18(23-3)19(13-16)24-4/h5,9-10,13,17,21H,1,6-8,11-12,14-15H2,2-4H3. The van der Waals surface area contributed by atoms with Crippen molar-refractivity contribution in [3.63, 3.8) is 0 Å². The summed E-state index contributed by atoms with van der Waals surface area (Å²) < 4.78 is 15.8. The van der Waals surface area contributed by atoms with Gasteiger partial charge in [-0.15, -0.1) is 6.58 Å². The SMILES string of the molecule is C=CCCC(O)CN(CCCOC)Cc1ccc(OC)c(OC)c1. The van der Waals surface area contributed by atoms with Crippen molar-refractivity contribution in [2.75, 3.05) is 41.0 Å². The molecule has 1 aromatic rings. The smallest absolute Gasteiger partial charge is 0.161 e. The Morgan fingerprint density at radius 2 is 1.96 bits per heavy atom. The van der Waals surface area contributed by atoms with Crippen molar-refractivity contribution in [1.29, 1.82) is 0 Å². The number of aliphatic hydroxyl groups excluding tert-OH is 1. The van der Waals surface area contributed by atoms with Crippen LogP contribution in [0, 0.1) is 0 Å². The molecule has 1 atom stereocenters. The van der Waals surface area contributed by atoms with Gasteiger partial charge in [-0.1, -0.05) is 12.1 Å². The molecule has 5 heteroatoms. The van der Waals surface area contributed by atoms with Crippen molar-refractivity contribution in [3.8, 4) is 11.5 Å². The molecule has 5 nitrogen and oxygen atoms in total. The highest BCUT2D eigenvalue weighted by Gasteiger charge is 2.13. The summed E-state index contributed by atoms with van der Waals surface area (Å²) in [6.45, 7) is 6.67. The summed E-state index contributed by atoms with van der Waals surface area (Å²) in [7, 11) is 4.97. The predicted molar refractivity (Wildman–Crippen MR) is 96.8 cm³/mol. The first-order valence-corrected chi connectivity index (χ1v) is 8.35. The van der Waals surface area contributed by atoms with Gasteiger partial charge >= 0.3 is 0 Å². The lowest BCUT2D eigenvalue weighted by Crippen LogP contribution is -2.33. The maximum atomic E-state index is 10.2. The molecule has 0 aliphatic rings. The van der Waals surface area contributed by atoms with E-state index in [0.29, 0.717) is 13.2 Å². The van der Waals surface area contributed by atoms with Crippen LogP contribution < -0.4 is 9.47 Å². The highest BCUT2D eigenvalue weighted by Crippen LogP contribution is 2.28. The molecule has 136 valence electrons. The van der Waals surface area contributed by atoms with E-state index < -0.39 is 0 Å². The van der Waals surface area contributed by atoms with E-state index in [-0.39, 0.29) is 6.10 Å². The molecule has 0 fully saturated rings. The second kappa shape index (κ2) is 11.9. The van der Waals surface area contributed by atoms with E-state index in [1.165, 1.54) is 0 Å². The molecule has 1 unspecified atom stereocenters. The van der Waals surface area contributed by atoms with Crippen LogP contribution in [0.1, 0.15) is 24.8 Å². The molecule has 0 spiro atoms. The predicted octanol–water partition coefficient (Wildman–Crippen LogP) is 2.87. The largest absolute Gasteiger partial charge is 0.493 e. The molecular formula is C19H31NO4. The van der Waals surface area contributed by atoms with Gasteiger partial charge in [0, 0.05) is 33.4 Å². The van der Waals surface area contributed by atoms with Gasteiger partial charge in [-0.2, -0.15) is 0 Å². The van der Waals surface area contributed by atoms with Gasteiger partial charge in [0.25, 0.3) is 0 Å². The van der Waals surface area contributed by atoms with Crippen molar-refractivity contribution >= 4 is 0 Å². The lowest BCUT2D eigenvalue weighted by atomic mass is 10.1. The fourth-order valence-corrected chi connectivity index (χ4v) is 2.60. The summed E-state index contributed by atoms with van der Waals surface area (Å²) in [5.74, 6) is 1.44. The number of benzene rings is 1. The van der Waals surface area contributed by atoms with Crippen molar-refractivity contribution in [3.05, 3.63) is 36.4 Å². The fraction of sp³-hybridized carbons (Fsp3) is 0.579. The summed E-state index contributed by atoms with van der Waals surface area (Å²) in [5, 5.41) is 10.2. The molecule has 0 bridgehead atoms. The van der Waals surface area contributed by atoms with Crippen LogP contribution in [0.2, 0.25) is 0 Å². The number of ether oxygens (including phenoxy) is 3. The summed E-state index contributed by atoms with van der Waals surface area (Å²) in [6, 6.07) is 5.93. The van der Waals surface area contributed by atoms with Gasteiger partial charge in [-0.25, -0.2) is 0 Å². The molecule has 1 aromatic carbocycles. The Hall–Kier alpha value is -1.56. The Kier molecular flexibility index (Phi) is 10.2. The number of hydrogen-bond donors (Lipinski definition) is 1. The number of hydrogen-bond acceptors (Lipinski definition) is 5. The van der Waals surface area contributed by atoms with E-state index in [2.05, 4.69) is 11.5 Å². The van der Waals surface area contributed by atoms with Crippen LogP contribution in [-0.4, -0.2) is 57.1 Å². The number of aliphatic hydroxyl groups is 1. The van der Waals surface area contributed by atoms with Crippen LogP contribution in [0.15, 0.2) is 30.9 Å². The molecule has 0 heterocycles. The minimum Gasteiger partial charge on any atom is -0.493 e. The van der Waals surface area contributed by atoms with Gasteiger partial charge in [0.15, 0.2) is 11.5 Å². The first kappa shape index (κ1) is 20.5. The minimum atomic E-state index is -0.356. The van der Waals surface area contributed by atoms with Gasteiger partial charge in [0.2, 0.25) is 0 Å². The number of allylic oxidation sites excluding steroid dienone is 1. The lowest BCUT2D eigenvalue weighted by Gasteiger charge is -2.25. The lowest BCUT2D eigenvalue weighted by molar-refractivity contribution is 0.0941. The summed E-state index contributed by atoms with van der Waals surface area (Å²) in [6.07, 6.45) is 3.97. The molecule has 24 heavy (non-hydrogen) atoms. The Balaban J connectivity index is 2.73. The molecule has 0 aliphatic heterocycles. The molecule has 0 radical (unpaired) electrons. The molecule has 0 aromatic heterocycles. The van der Waals surface area contributed by atoms with Crippen LogP contribution in [-0.2, 0) is 11.3 Å². The zero-order valence-electron chi connectivity index (χ0n) is 15.2. The van der Waals surface area contributed by atoms with Crippen molar-refractivity contribution in [2.45, 2.75) is 31.9 Å². The molecule has 0 saturated heterocycles. The third kappa shape index (κ3) is 7.34. The highest BCUT2D eigenvalue weighted by atomic mass is 16.5. The monoisotopic (exact) mass is 337 g/mol. The van der Waals surface area contributed by atoms with Crippen molar-refractivity contribution in [1.82, 2.24) is 4.90 Å². The van der Waals surface area contributed by atoms with Gasteiger partial charge < -0.3 is 19.3 Å². The van der Waals surface area contributed by atoms with E-state index in [4.69, 9.17) is 14.2 Å². The van der Waals surface area contributed by atoms with E-state index in [0.717, 1.165) is 49.4 Å². The summed E-state index contributed by atoms with van der Waals surface area (Å²) in [4.78, 5) is 2.24. The quantitative estimate of drug-likeness (QED) is 0.443. The first-order chi connectivity index (χ1) is 11.6. The van der Waals surface area contributed by atoms with Gasteiger partial charge in [-0.3, -0.25) is 4.90 Å². The summed E-state index contributed by atoms with van der Waals surface area (Å²) >= 11 is 0. The average molecular weight is 337 g/mol. The molecule has 0 saturated carbocycles. The van der Waals surface area contributed by atoms with E-state index in [9.17, 15) is 5.11 Å². The van der Waals surface area contributed by atoms with Crippen LogP contribution in [0.25, 0.3) is 0 Å². The van der Waals surface area contributed by atoms with Crippen LogP contribution in [0.3, 0.4) is 0 Å². The van der Waals surface area contributed by atoms with Gasteiger partial charge in [0.1, 0.15) is 0 Å². The minimum absolute atomic E-state index is 0.356. The zero-order valence-corrected chi connectivity index (χ0v) is 15.2. The van der Waals surface area contributed by atoms with E-state index in [1.54, 1.807) is 21.3 Å². The third-order valence-corrected chi connectivity index (χ3v) is 3.85. The normalized spacial score (nSPS) is 12.2. The van der Waals surface area contributed by atoms with Gasteiger partial charge in [0.05, 0.1) is 20.3 Å². The maximum Gasteiger partial charge on any atom is 0.161 e. The fourth-order valence-electron chi connectivity index (χ4n) is 2.60. The van der Waals surface area contributed by atoms with E-state index >= 15 is 0 Å². The van der Waals surface area contributed by atoms with Crippen LogP contribution in [0.4, 0.5) is 0 Å². The molecule has 0 amide bonds. The zero-order chi connectivity index (χ0) is 17.8. The molecule has 1 rings (SSSR count). The second-order valence-electron chi connectivity index (χ2n) is 5.79. The number of rotatable bonds is 13. The Morgan fingerprint density at radius 3 is 2.58 bits per heavy atom.